The molecule has 1 aliphatic rings. The summed E-state index contributed by atoms with van der Waals surface area (Å²) in [7, 11) is 0. The van der Waals surface area contributed by atoms with Crippen LogP contribution in [0.25, 0.3) is 0 Å². The van der Waals surface area contributed by atoms with Gasteiger partial charge in [-0.25, -0.2) is 0 Å². The summed E-state index contributed by atoms with van der Waals surface area (Å²) in [5.41, 5.74) is 3.25. The predicted molar refractivity (Wildman–Crippen MR) is 73.4 cm³/mol. The normalized spacial score (nSPS) is 14.4. The molecule has 1 amide bonds. The molecular formula is C14H13BrN2O. The highest BCUT2D eigenvalue weighted by atomic mass is 79.9. The van der Waals surface area contributed by atoms with E-state index < -0.39 is 0 Å². The summed E-state index contributed by atoms with van der Waals surface area (Å²) >= 11 is 3.35. The maximum Gasteiger partial charge on any atom is 0.270 e. The highest BCUT2D eigenvalue weighted by Gasteiger charge is 2.22. The summed E-state index contributed by atoms with van der Waals surface area (Å²) in [4.78, 5) is 17.2. The molecule has 18 heavy (non-hydrogen) atoms. The fourth-order valence-electron chi connectivity index (χ4n) is 2.33. The Bertz CT molecular complexity index is 591. The summed E-state index contributed by atoms with van der Waals surface area (Å²) in [6.45, 7) is 1.48. The summed E-state index contributed by atoms with van der Waals surface area (Å²) in [6.07, 6.45) is 2.72. The highest BCUT2D eigenvalue weighted by molar-refractivity contribution is 9.10. The van der Waals surface area contributed by atoms with Gasteiger partial charge in [-0.1, -0.05) is 24.3 Å². The Balaban J connectivity index is 1.82. The molecule has 1 aromatic heterocycles. The topological polar surface area (TPSA) is 36.1 Å². The second kappa shape index (κ2) is 4.61. The third kappa shape index (κ3) is 2.08. The molecular weight excluding hydrogens is 292 g/mol. The summed E-state index contributed by atoms with van der Waals surface area (Å²) in [5, 5.41) is 0. The van der Waals surface area contributed by atoms with Gasteiger partial charge < -0.3 is 9.88 Å². The van der Waals surface area contributed by atoms with Crippen molar-refractivity contribution in [3.8, 4) is 0 Å². The van der Waals surface area contributed by atoms with Crippen LogP contribution in [-0.4, -0.2) is 22.3 Å². The van der Waals surface area contributed by atoms with E-state index in [-0.39, 0.29) is 5.91 Å². The molecule has 0 saturated carbocycles. The second-order valence-electron chi connectivity index (χ2n) is 4.48. The lowest BCUT2D eigenvalue weighted by atomic mass is 10.00. The minimum Gasteiger partial charge on any atom is -0.356 e. The van der Waals surface area contributed by atoms with Gasteiger partial charge in [-0.2, -0.15) is 0 Å². The lowest BCUT2D eigenvalue weighted by molar-refractivity contribution is 0.0729. The Morgan fingerprint density at radius 2 is 2.06 bits per heavy atom. The minimum atomic E-state index is 0.0650. The molecule has 92 valence electrons. The lowest BCUT2D eigenvalue weighted by Gasteiger charge is -2.28. The molecule has 3 nitrogen and oxygen atoms in total. The first-order chi connectivity index (χ1) is 8.74. The largest absolute Gasteiger partial charge is 0.356 e. The van der Waals surface area contributed by atoms with Crippen LogP contribution in [0.5, 0.6) is 0 Å². The van der Waals surface area contributed by atoms with Gasteiger partial charge in [-0.3, -0.25) is 4.79 Å². The van der Waals surface area contributed by atoms with E-state index in [0.717, 1.165) is 17.4 Å². The molecule has 3 rings (SSSR count). The Labute approximate surface area is 114 Å². The van der Waals surface area contributed by atoms with Gasteiger partial charge in [0.25, 0.3) is 5.91 Å². The molecule has 2 aromatic rings. The number of nitrogens with one attached hydrogen (secondary N) is 1. The molecule has 0 radical (unpaired) electrons. The molecule has 0 saturated heterocycles. The number of carbonyl (C=O) groups is 1. The van der Waals surface area contributed by atoms with Crippen molar-refractivity contribution in [1.29, 1.82) is 0 Å². The van der Waals surface area contributed by atoms with E-state index in [1.807, 2.05) is 17.0 Å². The standard InChI is InChI=1S/C14H13BrN2O/c15-12-7-13(16-8-12)14(18)17-6-5-10-3-1-2-4-11(10)9-17/h1-4,7-8,16H,5-6,9H2. The first-order valence-corrected chi connectivity index (χ1v) is 6.73. The van der Waals surface area contributed by atoms with E-state index in [9.17, 15) is 4.79 Å². The van der Waals surface area contributed by atoms with Crippen LogP contribution in [0, 0.1) is 0 Å². The van der Waals surface area contributed by atoms with Gasteiger partial charge in [0.15, 0.2) is 0 Å². The number of halogens is 1. The molecule has 0 aliphatic carbocycles. The Kier molecular flexibility index (Phi) is 2.96. The van der Waals surface area contributed by atoms with E-state index >= 15 is 0 Å². The zero-order chi connectivity index (χ0) is 12.5. The van der Waals surface area contributed by atoms with Crippen LogP contribution in [0.15, 0.2) is 41.0 Å². The molecule has 1 N–H and O–H groups in total. The zero-order valence-electron chi connectivity index (χ0n) is 9.82. The maximum absolute atomic E-state index is 12.3. The highest BCUT2D eigenvalue weighted by Crippen LogP contribution is 2.20. The SMILES string of the molecule is O=C(c1cc(Br)c[nH]1)N1CCc2ccccc2C1. The van der Waals surface area contributed by atoms with Crippen molar-refractivity contribution in [3.63, 3.8) is 0 Å². The maximum atomic E-state index is 12.3. The fraction of sp³-hybridized carbons (Fsp3) is 0.214. The number of aromatic nitrogens is 1. The number of carbonyl (C=O) groups excluding carboxylic acids is 1. The Morgan fingerprint density at radius 3 is 2.78 bits per heavy atom. The molecule has 0 fully saturated rings. The van der Waals surface area contributed by atoms with Crippen molar-refractivity contribution >= 4 is 21.8 Å². The first-order valence-electron chi connectivity index (χ1n) is 5.94. The van der Waals surface area contributed by atoms with Crippen LogP contribution in [0.2, 0.25) is 0 Å². The van der Waals surface area contributed by atoms with Gasteiger partial charge in [0.2, 0.25) is 0 Å². The van der Waals surface area contributed by atoms with Crippen molar-refractivity contribution < 1.29 is 4.79 Å². The fourth-order valence-corrected chi connectivity index (χ4v) is 2.67. The van der Waals surface area contributed by atoms with Gasteiger partial charge in [0.1, 0.15) is 5.69 Å². The van der Waals surface area contributed by atoms with Crippen molar-refractivity contribution in [2.24, 2.45) is 0 Å². The van der Waals surface area contributed by atoms with Crippen LogP contribution < -0.4 is 0 Å². The number of rotatable bonds is 1. The van der Waals surface area contributed by atoms with Gasteiger partial charge in [0, 0.05) is 23.8 Å². The number of hydrogen-bond donors (Lipinski definition) is 1. The summed E-state index contributed by atoms with van der Waals surface area (Å²) < 4.78 is 0.906. The molecule has 1 aliphatic heterocycles. The molecule has 4 heteroatoms. The summed E-state index contributed by atoms with van der Waals surface area (Å²) in [5.74, 6) is 0.0650. The molecule has 0 bridgehead atoms. The third-order valence-electron chi connectivity index (χ3n) is 3.30. The van der Waals surface area contributed by atoms with Crippen molar-refractivity contribution in [1.82, 2.24) is 9.88 Å². The molecule has 1 aromatic carbocycles. The van der Waals surface area contributed by atoms with Gasteiger partial charge in [-0.15, -0.1) is 0 Å². The monoisotopic (exact) mass is 304 g/mol. The lowest BCUT2D eigenvalue weighted by Crippen LogP contribution is -2.36. The number of H-pyrrole nitrogens is 1. The van der Waals surface area contributed by atoms with Crippen molar-refractivity contribution in [3.05, 3.63) is 57.8 Å². The average Bonchev–Trinajstić information content (AvgIpc) is 2.84. The summed E-state index contributed by atoms with van der Waals surface area (Å²) in [6, 6.07) is 10.1. The number of fused-ring (bicyclic) bond motifs is 1. The predicted octanol–water partition coefficient (Wildman–Crippen LogP) is 2.98. The minimum absolute atomic E-state index is 0.0650. The smallest absolute Gasteiger partial charge is 0.270 e. The number of nitrogens with zero attached hydrogens (tertiary/aromatic N) is 1. The number of amides is 1. The van der Waals surface area contributed by atoms with Crippen LogP contribution in [0.3, 0.4) is 0 Å². The Hall–Kier alpha value is -1.55. The first kappa shape index (κ1) is 11.5. The number of aromatic amines is 1. The van der Waals surface area contributed by atoms with Crippen LogP contribution >= 0.6 is 15.9 Å². The quantitative estimate of drug-likeness (QED) is 0.864. The van der Waals surface area contributed by atoms with E-state index in [1.54, 1.807) is 6.20 Å². The van der Waals surface area contributed by atoms with E-state index in [2.05, 4.69) is 39.1 Å². The zero-order valence-corrected chi connectivity index (χ0v) is 11.4. The van der Waals surface area contributed by atoms with Gasteiger partial charge >= 0.3 is 0 Å². The van der Waals surface area contributed by atoms with E-state index in [0.29, 0.717) is 12.2 Å². The molecule has 0 atom stereocenters. The van der Waals surface area contributed by atoms with E-state index in [1.165, 1.54) is 11.1 Å². The number of benzene rings is 1. The van der Waals surface area contributed by atoms with Gasteiger partial charge in [0.05, 0.1) is 0 Å². The van der Waals surface area contributed by atoms with Crippen LogP contribution in [-0.2, 0) is 13.0 Å². The molecule has 2 heterocycles. The average molecular weight is 305 g/mol. The second-order valence-corrected chi connectivity index (χ2v) is 5.39. The molecule has 0 unspecified atom stereocenters. The van der Waals surface area contributed by atoms with E-state index in [4.69, 9.17) is 0 Å². The molecule has 0 spiro atoms. The van der Waals surface area contributed by atoms with Crippen LogP contribution in [0.1, 0.15) is 21.6 Å². The van der Waals surface area contributed by atoms with Crippen molar-refractivity contribution in [2.75, 3.05) is 6.54 Å². The van der Waals surface area contributed by atoms with Gasteiger partial charge in [-0.05, 0) is 39.5 Å². The van der Waals surface area contributed by atoms with Crippen LogP contribution in [0.4, 0.5) is 0 Å². The Morgan fingerprint density at radius 1 is 1.28 bits per heavy atom. The number of hydrogen-bond acceptors (Lipinski definition) is 1. The third-order valence-corrected chi connectivity index (χ3v) is 3.75. The van der Waals surface area contributed by atoms with Crippen molar-refractivity contribution in [2.45, 2.75) is 13.0 Å².